The fourth-order valence-electron chi connectivity index (χ4n) is 3.91. The van der Waals surface area contributed by atoms with Gasteiger partial charge in [0.1, 0.15) is 12.3 Å². The minimum absolute atomic E-state index is 0.0494. The lowest BCUT2D eigenvalue weighted by Crippen LogP contribution is -2.41. The number of hydrogen-bond donors (Lipinski definition) is 1. The van der Waals surface area contributed by atoms with Gasteiger partial charge in [0.05, 0.1) is 22.6 Å². The molecule has 0 bridgehead atoms. The van der Waals surface area contributed by atoms with Gasteiger partial charge >= 0.3 is 0 Å². The van der Waals surface area contributed by atoms with E-state index in [1.807, 2.05) is 0 Å². The standard InChI is InChI=1S/C24H28ClN3O6S/c1-17-8-10-20(15-21(17)28(30)31)35(32,33)27(22-14-19(25)9-11-23(22)34-2)16-24(29)26-13-12-18-6-4-3-5-7-18/h6,8-11,14-15H,3-5,7,12-13,16H2,1-2H3,(H,26,29). The Kier molecular flexibility index (Phi) is 8.74. The van der Waals surface area contributed by atoms with Crippen LogP contribution in [-0.4, -0.2) is 39.4 Å². The molecule has 0 spiro atoms. The number of allylic oxidation sites excluding steroid dienone is 1. The van der Waals surface area contributed by atoms with Gasteiger partial charge in [-0.1, -0.05) is 29.3 Å². The van der Waals surface area contributed by atoms with Crippen LogP contribution in [0.3, 0.4) is 0 Å². The predicted octanol–water partition coefficient (Wildman–Crippen LogP) is 4.77. The van der Waals surface area contributed by atoms with Crippen molar-refractivity contribution in [2.75, 3.05) is 24.5 Å². The highest BCUT2D eigenvalue weighted by molar-refractivity contribution is 7.92. The van der Waals surface area contributed by atoms with Gasteiger partial charge in [0.25, 0.3) is 15.7 Å². The van der Waals surface area contributed by atoms with Crippen LogP contribution in [0.15, 0.2) is 52.9 Å². The van der Waals surface area contributed by atoms with Crippen LogP contribution in [0.25, 0.3) is 0 Å². The van der Waals surface area contributed by atoms with E-state index in [4.69, 9.17) is 16.3 Å². The minimum Gasteiger partial charge on any atom is -0.495 e. The van der Waals surface area contributed by atoms with Crippen LogP contribution in [0.5, 0.6) is 5.75 Å². The molecule has 0 radical (unpaired) electrons. The van der Waals surface area contributed by atoms with E-state index in [9.17, 15) is 23.3 Å². The highest BCUT2D eigenvalue weighted by Crippen LogP contribution is 2.35. The number of hydrogen-bond acceptors (Lipinski definition) is 6. The summed E-state index contributed by atoms with van der Waals surface area (Å²) in [7, 11) is -3.03. The van der Waals surface area contributed by atoms with Gasteiger partial charge < -0.3 is 10.1 Å². The van der Waals surface area contributed by atoms with Crippen LogP contribution in [0.4, 0.5) is 11.4 Å². The van der Waals surface area contributed by atoms with Gasteiger partial charge in [-0.25, -0.2) is 8.42 Å². The molecule has 2 aromatic carbocycles. The summed E-state index contributed by atoms with van der Waals surface area (Å²) in [5.41, 5.74) is 1.31. The number of nitrogens with zero attached hydrogens (tertiary/aromatic N) is 2. The van der Waals surface area contributed by atoms with E-state index in [0.29, 0.717) is 18.5 Å². The molecule has 0 heterocycles. The van der Waals surface area contributed by atoms with Gasteiger partial charge in [0.15, 0.2) is 0 Å². The summed E-state index contributed by atoms with van der Waals surface area (Å²) in [5.74, 6) is -0.339. The number of benzene rings is 2. The zero-order chi connectivity index (χ0) is 25.6. The SMILES string of the molecule is COc1ccc(Cl)cc1N(CC(=O)NCCC1=CCCCC1)S(=O)(=O)c1ccc(C)c([N+](=O)[O-])c1. The summed E-state index contributed by atoms with van der Waals surface area (Å²) in [5, 5.41) is 14.4. The molecule has 0 saturated heterocycles. The molecule has 35 heavy (non-hydrogen) atoms. The number of nitro benzene ring substituents is 1. The second-order valence-corrected chi connectivity index (χ2v) is 10.5. The van der Waals surface area contributed by atoms with Crippen molar-refractivity contribution in [1.82, 2.24) is 5.32 Å². The van der Waals surface area contributed by atoms with Crippen molar-refractivity contribution in [2.45, 2.75) is 43.9 Å². The van der Waals surface area contributed by atoms with Crippen LogP contribution in [-0.2, 0) is 14.8 Å². The number of sulfonamides is 1. The number of halogens is 1. The number of aryl methyl sites for hydroxylation is 1. The second kappa shape index (κ2) is 11.5. The van der Waals surface area contributed by atoms with Gasteiger partial charge in [-0.2, -0.15) is 0 Å². The first-order valence-corrected chi connectivity index (χ1v) is 13.0. The number of ether oxygens (including phenoxy) is 1. The van der Waals surface area contributed by atoms with Gasteiger partial charge in [0, 0.05) is 23.2 Å². The molecule has 3 rings (SSSR count). The predicted molar refractivity (Wildman–Crippen MR) is 135 cm³/mol. The second-order valence-electron chi connectivity index (χ2n) is 8.24. The summed E-state index contributed by atoms with van der Waals surface area (Å²) in [6, 6.07) is 8.02. The van der Waals surface area contributed by atoms with Crippen LogP contribution < -0.4 is 14.4 Å². The van der Waals surface area contributed by atoms with Crippen LogP contribution in [0.2, 0.25) is 5.02 Å². The summed E-state index contributed by atoms with van der Waals surface area (Å²) >= 11 is 6.13. The molecule has 9 nitrogen and oxygen atoms in total. The molecular formula is C24H28ClN3O6S. The first kappa shape index (κ1) is 26.5. The van der Waals surface area contributed by atoms with Crippen LogP contribution in [0.1, 0.15) is 37.7 Å². The van der Waals surface area contributed by atoms with E-state index in [0.717, 1.165) is 29.6 Å². The smallest absolute Gasteiger partial charge is 0.273 e. The average molecular weight is 522 g/mol. The normalized spacial score (nSPS) is 13.6. The van der Waals surface area contributed by atoms with Crippen LogP contribution >= 0.6 is 11.6 Å². The molecule has 2 aromatic rings. The Labute approximate surface area is 209 Å². The van der Waals surface area contributed by atoms with E-state index in [1.54, 1.807) is 0 Å². The van der Waals surface area contributed by atoms with Gasteiger partial charge in [-0.05, 0) is 63.3 Å². The fraction of sp³-hybridized carbons (Fsp3) is 0.375. The van der Waals surface area contributed by atoms with Gasteiger partial charge in [0.2, 0.25) is 5.91 Å². The minimum atomic E-state index is -4.40. The molecule has 11 heteroatoms. The van der Waals surface area contributed by atoms with Crippen molar-refractivity contribution in [3.05, 3.63) is 68.7 Å². The first-order valence-electron chi connectivity index (χ1n) is 11.2. The molecule has 0 saturated carbocycles. The fourth-order valence-corrected chi connectivity index (χ4v) is 5.52. The molecule has 1 aliphatic rings. The highest BCUT2D eigenvalue weighted by atomic mass is 35.5. The Balaban J connectivity index is 1.93. The van der Waals surface area contributed by atoms with Crippen molar-refractivity contribution in [1.29, 1.82) is 0 Å². The topological polar surface area (TPSA) is 119 Å². The number of nitrogens with one attached hydrogen (secondary N) is 1. The van der Waals surface area contributed by atoms with E-state index >= 15 is 0 Å². The third-order valence-electron chi connectivity index (χ3n) is 5.82. The Morgan fingerprint density at radius 1 is 1.23 bits per heavy atom. The molecule has 1 amide bonds. The summed E-state index contributed by atoms with van der Waals surface area (Å²) in [6.07, 6.45) is 7.22. The number of nitro groups is 1. The van der Waals surface area contributed by atoms with Crippen molar-refractivity contribution in [2.24, 2.45) is 0 Å². The van der Waals surface area contributed by atoms with E-state index in [2.05, 4.69) is 11.4 Å². The Morgan fingerprint density at radius 3 is 2.66 bits per heavy atom. The quantitative estimate of drug-likeness (QED) is 0.273. The molecule has 1 aliphatic carbocycles. The number of anilines is 1. The number of carbonyl (C=O) groups is 1. The Hall–Kier alpha value is -3.11. The molecular weight excluding hydrogens is 494 g/mol. The lowest BCUT2D eigenvalue weighted by atomic mass is 9.97. The third-order valence-corrected chi connectivity index (χ3v) is 7.81. The molecule has 0 unspecified atom stereocenters. The van der Waals surface area contributed by atoms with E-state index < -0.39 is 27.4 Å². The van der Waals surface area contributed by atoms with Crippen molar-refractivity contribution < 1.29 is 22.9 Å². The van der Waals surface area contributed by atoms with Gasteiger partial charge in [-0.3, -0.25) is 19.2 Å². The Bertz CT molecular complexity index is 1250. The molecule has 188 valence electrons. The van der Waals surface area contributed by atoms with Gasteiger partial charge in [-0.15, -0.1) is 0 Å². The maximum absolute atomic E-state index is 13.7. The van der Waals surface area contributed by atoms with Crippen molar-refractivity contribution >= 4 is 38.9 Å². The van der Waals surface area contributed by atoms with Crippen molar-refractivity contribution in [3.63, 3.8) is 0 Å². The molecule has 1 N–H and O–H groups in total. The molecule has 0 aromatic heterocycles. The maximum atomic E-state index is 13.7. The summed E-state index contributed by atoms with van der Waals surface area (Å²) in [6.45, 7) is 1.34. The van der Waals surface area contributed by atoms with E-state index in [1.165, 1.54) is 56.4 Å². The summed E-state index contributed by atoms with van der Waals surface area (Å²) < 4.78 is 33.5. The van der Waals surface area contributed by atoms with E-state index in [-0.39, 0.29) is 27.0 Å². The monoisotopic (exact) mass is 521 g/mol. The van der Waals surface area contributed by atoms with Crippen LogP contribution in [0, 0.1) is 17.0 Å². The van der Waals surface area contributed by atoms with Crippen molar-refractivity contribution in [3.8, 4) is 5.75 Å². The highest BCUT2D eigenvalue weighted by Gasteiger charge is 2.31. The molecule has 0 atom stereocenters. The molecule has 0 fully saturated rings. The largest absolute Gasteiger partial charge is 0.495 e. The number of carbonyl (C=O) groups excluding carboxylic acids is 1. The number of rotatable bonds is 10. The first-order chi connectivity index (χ1) is 16.6. The zero-order valence-electron chi connectivity index (χ0n) is 19.6. The Morgan fingerprint density at radius 2 is 2.00 bits per heavy atom. The lowest BCUT2D eigenvalue weighted by molar-refractivity contribution is -0.385. The maximum Gasteiger partial charge on any atom is 0.273 e. The number of methoxy groups -OCH3 is 1. The summed E-state index contributed by atoms with van der Waals surface area (Å²) in [4.78, 5) is 23.3. The average Bonchev–Trinajstić information content (AvgIpc) is 2.83. The lowest BCUT2D eigenvalue weighted by Gasteiger charge is -2.26. The third kappa shape index (κ3) is 6.52. The number of amides is 1. The molecule has 0 aliphatic heterocycles. The zero-order valence-corrected chi connectivity index (χ0v) is 21.2.